The molecule has 0 saturated heterocycles. The van der Waals surface area contributed by atoms with E-state index in [1.165, 1.54) is 0 Å². The maximum absolute atomic E-state index is 12.7. The molecule has 1 aliphatic carbocycles. The van der Waals surface area contributed by atoms with Crippen LogP contribution in [0.25, 0.3) is 0 Å². The van der Waals surface area contributed by atoms with E-state index in [2.05, 4.69) is 10.3 Å². The van der Waals surface area contributed by atoms with E-state index in [0.717, 1.165) is 28.9 Å². The Morgan fingerprint density at radius 2 is 2.18 bits per heavy atom. The number of anilines is 1. The van der Waals surface area contributed by atoms with Crippen LogP contribution < -0.4 is 15.8 Å². The smallest absolute Gasteiger partial charge is 0.250 e. The van der Waals surface area contributed by atoms with Crippen molar-refractivity contribution in [1.82, 2.24) is 4.98 Å². The van der Waals surface area contributed by atoms with Gasteiger partial charge in [-0.1, -0.05) is 18.2 Å². The van der Waals surface area contributed by atoms with Gasteiger partial charge in [-0.3, -0.25) is 4.79 Å². The van der Waals surface area contributed by atoms with Gasteiger partial charge in [-0.05, 0) is 48.6 Å². The first kappa shape index (κ1) is 14.5. The second kappa shape index (κ2) is 5.42. The first-order valence-electron chi connectivity index (χ1n) is 7.24. The van der Waals surface area contributed by atoms with Gasteiger partial charge in [-0.15, -0.1) is 0 Å². The van der Waals surface area contributed by atoms with Crippen molar-refractivity contribution in [3.63, 3.8) is 0 Å². The minimum atomic E-state index is -1.05. The number of nitrogens with zero attached hydrogens (tertiary/aromatic N) is 1. The number of methoxy groups -OCH3 is 1. The molecule has 5 heteroatoms. The van der Waals surface area contributed by atoms with E-state index in [1.807, 2.05) is 31.2 Å². The summed E-state index contributed by atoms with van der Waals surface area (Å²) in [5.41, 5.74) is 8.26. The van der Waals surface area contributed by atoms with Gasteiger partial charge in [0.2, 0.25) is 5.91 Å². The number of carbonyl (C=O) groups is 1. The average Bonchev–Trinajstić information content (AvgIpc) is 2.88. The standard InChI is InChI=1S/C17H19N3O2/c1-11-6-7-15(19-10-11)20-16(21)17(18)9-8-12-13(17)4-3-5-14(12)22-2/h3-7,10H,8-9,18H2,1-2H3,(H,19,20,21). The summed E-state index contributed by atoms with van der Waals surface area (Å²) in [5.74, 6) is 1.05. The molecule has 3 rings (SSSR count). The normalized spacial score (nSPS) is 19.6. The lowest BCUT2D eigenvalue weighted by Crippen LogP contribution is -2.46. The number of aromatic nitrogens is 1. The molecule has 1 aromatic heterocycles. The highest BCUT2D eigenvalue weighted by molar-refractivity contribution is 5.99. The monoisotopic (exact) mass is 297 g/mol. The van der Waals surface area contributed by atoms with E-state index in [4.69, 9.17) is 10.5 Å². The SMILES string of the molecule is COc1cccc2c1CCC2(N)C(=O)Nc1ccc(C)cn1. The molecule has 0 bridgehead atoms. The Morgan fingerprint density at radius 1 is 1.36 bits per heavy atom. The highest BCUT2D eigenvalue weighted by Gasteiger charge is 2.43. The number of pyridine rings is 1. The molecule has 1 heterocycles. The number of nitrogens with two attached hydrogens (primary N) is 1. The third-order valence-corrected chi connectivity index (χ3v) is 4.16. The molecular weight excluding hydrogens is 278 g/mol. The predicted octanol–water partition coefficient (Wildman–Crippen LogP) is 2.14. The van der Waals surface area contributed by atoms with E-state index < -0.39 is 5.54 Å². The molecule has 0 saturated carbocycles. The number of hydrogen-bond donors (Lipinski definition) is 2. The number of amides is 1. The Morgan fingerprint density at radius 3 is 2.86 bits per heavy atom. The molecule has 1 aromatic carbocycles. The minimum absolute atomic E-state index is 0.240. The van der Waals surface area contributed by atoms with Crippen LogP contribution in [0.15, 0.2) is 36.5 Å². The molecule has 22 heavy (non-hydrogen) atoms. The van der Waals surface area contributed by atoms with E-state index >= 15 is 0 Å². The van der Waals surface area contributed by atoms with Gasteiger partial charge in [0.1, 0.15) is 17.1 Å². The lowest BCUT2D eigenvalue weighted by molar-refractivity contribution is -0.121. The zero-order chi connectivity index (χ0) is 15.7. The molecular formula is C17H19N3O2. The molecule has 2 aromatic rings. The van der Waals surface area contributed by atoms with Gasteiger partial charge in [-0.25, -0.2) is 4.98 Å². The van der Waals surface area contributed by atoms with Crippen molar-refractivity contribution in [2.45, 2.75) is 25.3 Å². The molecule has 0 spiro atoms. The molecule has 1 aliphatic rings. The van der Waals surface area contributed by atoms with Gasteiger partial charge >= 0.3 is 0 Å². The summed E-state index contributed by atoms with van der Waals surface area (Å²) in [4.78, 5) is 16.9. The number of benzene rings is 1. The van der Waals surface area contributed by atoms with E-state index in [1.54, 1.807) is 19.4 Å². The van der Waals surface area contributed by atoms with E-state index in [9.17, 15) is 4.79 Å². The van der Waals surface area contributed by atoms with Crippen LogP contribution in [0.3, 0.4) is 0 Å². The lowest BCUT2D eigenvalue weighted by atomic mass is 9.92. The van der Waals surface area contributed by atoms with Crippen LogP contribution in [0.1, 0.15) is 23.1 Å². The van der Waals surface area contributed by atoms with Gasteiger partial charge in [0, 0.05) is 6.20 Å². The van der Waals surface area contributed by atoms with E-state index in [0.29, 0.717) is 12.2 Å². The fourth-order valence-electron chi connectivity index (χ4n) is 2.89. The van der Waals surface area contributed by atoms with E-state index in [-0.39, 0.29) is 5.91 Å². The summed E-state index contributed by atoms with van der Waals surface area (Å²) >= 11 is 0. The zero-order valence-electron chi connectivity index (χ0n) is 12.7. The quantitative estimate of drug-likeness (QED) is 0.910. The van der Waals surface area contributed by atoms with Gasteiger partial charge in [0.25, 0.3) is 0 Å². The average molecular weight is 297 g/mol. The lowest BCUT2D eigenvalue weighted by Gasteiger charge is -2.24. The van der Waals surface area contributed by atoms with Crippen LogP contribution in [-0.2, 0) is 16.8 Å². The molecule has 0 aliphatic heterocycles. The minimum Gasteiger partial charge on any atom is -0.496 e. The van der Waals surface area contributed by atoms with Crippen LogP contribution in [0.2, 0.25) is 0 Å². The number of carbonyl (C=O) groups excluding carboxylic acids is 1. The number of aryl methyl sites for hydroxylation is 1. The fourth-order valence-corrected chi connectivity index (χ4v) is 2.89. The third-order valence-electron chi connectivity index (χ3n) is 4.16. The fraction of sp³-hybridized carbons (Fsp3) is 0.294. The van der Waals surface area contributed by atoms with Crippen molar-refractivity contribution in [1.29, 1.82) is 0 Å². The highest BCUT2D eigenvalue weighted by atomic mass is 16.5. The maximum Gasteiger partial charge on any atom is 0.250 e. The predicted molar refractivity (Wildman–Crippen MR) is 84.8 cm³/mol. The Bertz CT molecular complexity index is 712. The van der Waals surface area contributed by atoms with Crippen molar-refractivity contribution in [3.8, 4) is 5.75 Å². The van der Waals surface area contributed by atoms with Crippen molar-refractivity contribution in [2.24, 2.45) is 5.73 Å². The van der Waals surface area contributed by atoms with Gasteiger partial charge in [0.05, 0.1) is 7.11 Å². The molecule has 114 valence electrons. The summed E-state index contributed by atoms with van der Waals surface area (Å²) in [5, 5.41) is 2.81. The van der Waals surface area contributed by atoms with Crippen molar-refractivity contribution >= 4 is 11.7 Å². The topological polar surface area (TPSA) is 77.2 Å². The highest BCUT2D eigenvalue weighted by Crippen LogP contribution is 2.40. The van der Waals surface area contributed by atoms with Crippen LogP contribution in [0.4, 0.5) is 5.82 Å². The molecule has 0 radical (unpaired) electrons. The second-order valence-corrected chi connectivity index (χ2v) is 5.63. The molecule has 1 amide bonds. The summed E-state index contributed by atoms with van der Waals surface area (Å²) in [6, 6.07) is 9.33. The number of fused-ring (bicyclic) bond motifs is 1. The summed E-state index contributed by atoms with van der Waals surface area (Å²) in [7, 11) is 1.63. The van der Waals surface area contributed by atoms with Crippen LogP contribution >= 0.6 is 0 Å². The maximum atomic E-state index is 12.7. The zero-order valence-corrected chi connectivity index (χ0v) is 12.7. The van der Waals surface area contributed by atoms with Crippen LogP contribution in [0.5, 0.6) is 5.75 Å². The largest absolute Gasteiger partial charge is 0.496 e. The van der Waals surface area contributed by atoms with Crippen LogP contribution in [0, 0.1) is 6.92 Å². The first-order chi connectivity index (χ1) is 10.5. The first-order valence-corrected chi connectivity index (χ1v) is 7.24. The van der Waals surface area contributed by atoms with Crippen LogP contribution in [-0.4, -0.2) is 18.0 Å². The molecule has 1 atom stereocenters. The molecule has 3 N–H and O–H groups in total. The Labute approximate surface area is 129 Å². The van der Waals surface area contributed by atoms with Crippen molar-refractivity contribution < 1.29 is 9.53 Å². The third kappa shape index (κ3) is 2.33. The number of rotatable bonds is 3. The Balaban J connectivity index is 1.89. The molecule has 5 nitrogen and oxygen atoms in total. The Kier molecular flexibility index (Phi) is 3.58. The van der Waals surface area contributed by atoms with Crippen molar-refractivity contribution in [2.75, 3.05) is 12.4 Å². The Hall–Kier alpha value is -2.40. The summed E-state index contributed by atoms with van der Waals surface area (Å²) in [6.45, 7) is 1.95. The van der Waals surface area contributed by atoms with Gasteiger partial charge in [0.15, 0.2) is 0 Å². The number of hydrogen-bond acceptors (Lipinski definition) is 4. The van der Waals surface area contributed by atoms with Crippen molar-refractivity contribution in [3.05, 3.63) is 53.2 Å². The molecule has 1 unspecified atom stereocenters. The summed E-state index contributed by atoms with van der Waals surface area (Å²) in [6.07, 6.45) is 3.00. The van der Waals surface area contributed by atoms with Gasteiger partial charge in [-0.2, -0.15) is 0 Å². The number of nitrogens with one attached hydrogen (secondary N) is 1. The second-order valence-electron chi connectivity index (χ2n) is 5.63. The number of ether oxygens (including phenoxy) is 1. The van der Waals surface area contributed by atoms with Gasteiger partial charge < -0.3 is 15.8 Å². The molecule has 0 fully saturated rings. The summed E-state index contributed by atoms with van der Waals surface area (Å²) < 4.78 is 5.36.